The number of nitrogens with zero attached hydrogens (tertiary/aromatic N) is 8. The van der Waals surface area contributed by atoms with E-state index in [2.05, 4.69) is 57.5 Å². The molecular weight excluding hydrogens is 1010 g/mol. The van der Waals surface area contributed by atoms with Crippen LogP contribution in [0.15, 0.2) is 49.3 Å². The van der Waals surface area contributed by atoms with Gasteiger partial charge in [-0.05, 0) is 26.0 Å². The molecule has 0 saturated carbocycles. The van der Waals surface area contributed by atoms with Gasteiger partial charge in [-0.2, -0.15) is 0 Å². The summed E-state index contributed by atoms with van der Waals surface area (Å²) < 4.78 is 29.0. The molecule has 0 saturated heterocycles. The number of hydrogen-bond acceptors (Lipinski definition) is 16. The number of aryl methyl sites for hydroxylation is 4. The summed E-state index contributed by atoms with van der Waals surface area (Å²) >= 11 is 0. The van der Waals surface area contributed by atoms with E-state index in [9.17, 15) is 38.4 Å². The van der Waals surface area contributed by atoms with Crippen molar-refractivity contribution < 1.29 is 57.3 Å². The number of imidazole rings is 3. The number of carbonyl (C=O) groups excluding carboxylic acids is 8. The fraction of sp³-hybridized carbons (Fsp3) is 0.479. The molecule has 5 aromatic rings. The maximum absolute atomic E-state index is 13.2. The predicted octanol–water partition coefficient (Wildman–Crippen LogP) is -0.109. The Morgan fingerprint density at radius 1 is 0.494 bits per heavy atom. The highest BCUT2D eigenvalue weighted by Gasteiger charge is 2.21. The van der Waals surface area contributed by atoms with Crippen LogP contribution in [0.1, 0.15) is 92.0 Å². The van der Waals surface area contributed by atoms with Crippen LogP contribution < -0.4 is 48.3 Å². The van der Waals surface area contributed by atoms with E-state index in [1.165, 1.54) is 50.6 Å². The lowest BCUT2D eigenvalue weighted by Gasteiger charge is -2.10. The van der Waals surface area contributed by atoms with Crippen molar-refractivity contribution in [2.75, 3.05) is 107 Å². The van der Waals surface area contributed by atoms with Gasteiger partial charge in [0.05, 0.1) is 64.2 Å². The van der Waals surface area contributed by atoms with Crippen molar-refractivity contribution in [3.63, 3.8) is 0 Å². The Morgan fingerprint density at radius 2 is 0.922 bits per heavy atom. The summed E-state index contributed by atoms with van der Waals surface area (Å²) in [6.07, 6.45) is 9.01. The third kappa shape index (κ3) is 19.1. The molecular formula is C48H69N17O12. The van der Waals surface area contributed by atoms with E-state index in [1.807, 2.05) is 13.8 Å². The molecule has 0 atom stereocenters. The van der Waals surface area contributed by atoms with Gasteiger partial charge in [0.25, 0.3) is 29.5 Å². The SMILES string of the molecule is CC(C)n1ccnc1C(=O)Nc1cc(C(=O)NCCC(=O)Nc2cn(C)c(C(=O)Nc3cc(C(=O)NCCC(=O)Nc4cn(C)c(C(=O)NCCC(=O)NCCOCCOCCOCCOCCN)n4)n(C)c3)n2)n(C)c1. The number of amides is 8. The average Bonchev–Trinajstić information content (AvgIpc) is 4.24. The molecule has 0 aromatic carbocycles. The Hall–Kier alpha value is -8.25. The number of rotatable bonds is 33. The van der Waals surface area contributed by atoms with Gasteiger partial charge >= 0.3 is 0 Å². The molecule has 77 heavy (non-hydrogen) atoms. The summed E-state index contributed by atoms with van der Waals surface area (Å²) in [5, 5.41) is 21.3. The van der Waals surface area contributed by atoms with Crippen LogP contribution in [-0.2, 0) is 61.5 Å². The highest BCUT2D eigenvalue weighted by molar-refractivity contribution is 6.04. The zero-order valence-corrected chi connectivity index (χ0v) is 44.1. The summed E-state index contributed by atoms with van der Waals surface area (Å²) in [5.74, 6) is -3.47. The van der Waals surface area contributed by atoms with E-state index in [4.69, 9.17) is 24.7 Å². The summed E-state index contributed by atoms with van der Waals surface area (Å²) in [6.45, 7) is 7.90. The maximum atomic E-state index is 13.2. The fourth-order valence-electron chi connectivity index (χ4n) is 7.21. The van der Waals surface area contributed by atoms with Gasteiger partial charge in [-0.3, -0.25) is 38.4 Å². The Kier molecular flexibility index (Phi) is 23.5. The van der Waals surface area contributed by atoms with E-state index >= 15 is 0 Å². The molecule has 0 aliphatic carbocycles. The van der Waals surface area contributed by atoms with Crippen LogP contribution in [0, 0.1) is 0 Å². The molecule has 29 nitrogen and oxygen atoms in total. The standard InChI is InChI=1S/C48H69N17O12/c1-31(2)65-16-14-51-41(65)47(72)55-32-25-34(61(3)27-32)44(69)52-13-9-40(68)58-37-30-64(6)43(60-37)48(73)56-33-26-35(62(4)28-33)45(70)53-12-8-39(67)57-36-29-63(5)42(59-36)46(71)54-11-7-38(66)50-15-18-75-20-22-77-24-23-76-21-19-74-17-10-49/h14,16,25-31H,7-13,15,17-24,49H2,1-6H3,(H,50,66)(H,52,69)(H,53,70)(H,54,71)(H,55,72)(H,56,73)(H,57,67)(H,58,68). The minimum Gasteiger partial charge on any atom is -0.378 e. The summed E-state index contributed by atoms with van der Waals surface area (Å²) in [4.78, 5) is 115. The third-order valence-electron chi connectivity index (χ3n) is 11.0. The molecule has 0 radical (unpaired) electrons. The molecule has 0 unspecified atom stereocenters. The first kappa shape index (κ1) is 59.6. The molecule has 0 fully saturated rings. The molecule has 0 spiro atoms. The zero-order valence-electron chi connectivity index (χ0n) is 44.1. The number of ether oxygens (including phenoxy) is 4. The average molecular weight is 1080 g/mol. The fourth-order valence-corrected chi connectivity index (χ4v) is 7.21. The summed E-state index contributed by atoms with van der Waals surface area (Å²) in [5.41, 5.74) is 6.43. The molecule has 5 heterocycles. The van der Waals surface area contributed by atoms with Crippen LogP contribution in [0.5, 0.6) is 0 Å². The normalized spacial score (nSPS) is 11.1. The lowest BCUT2D eigenvalue weighted by molar-refractivity contribution is -0.121. The second-order valence-electron chi connectivity index (χ2n) is 17.4. The van der Waals surface area contributed by atoms with Gasteiger partial charge in [0.15, 0.2) is 17.5 Å². The van der Waals surface area contributed by atoms with Gasteiger partial charge in [0.2, 0.25) is 29.4 Å². The van der Waals surface area contributed by atoms with E-state index < -0.39 is 41.4 Å². The van der Waals surface area contributed by atoms with Crippen molar-refractivity contribution in [2.45, 2.75) is 39.2 Å². The Morgan fingerprint density at radius 3 is 1.40 bits per heavy atom. The van der Waals surface area contributed by atoms with E-state index in [0.717, 1.165) is 0 Å². The summed E-state index contributed by atoms with van der Waals surface area (Å²) in [7, 11) is 6.38. The van der Waals surface area contributed by atoms with Gasteiger partial charge in [0, 0.05) is 123 Å². The lowest BCUT2D eigenvalue weighted by Crippen LogP contribution is -2.33. The van der Waals surface area contributed by atoms with Gasteiger partial charge in [-0.1, -0.05) is 0 Å². The minimum absolute atomic E-state index is 0.00178. The van der Waals surface area contributed by atoms with Gasteiger partial charge in [-0.15, -0.1) is 0 Å². The molecule has 29 heteroatoms. The number of nitrogens with two attached hydrogens (primary N) is 1. The Balaban J connectivity index is 0.945. The zero-order chi connectivity index (χ0) is 55.9. The molecule has 5 rings (SSSR count). The minimum atomic E-state index is -0.632. The molecule has 0 bridgehead atoms. The van der Waals surface area contributed by atoms with E-state index in [-0.39, 0.29) is 110 Å². The highest BCUT2D eigenvalue weighted by atomic mass is 16.6. The topological polar surface area (TPSA) is 359 Å². The first-order valence-electron chi connectivity index (χ1n) is 24.7. The van der Waals surface area contributed by atoms with Crippen LogP contribution in [0.2, 0.25) is 0 Å². The Labute approximate surface area is 443 Å². The largest absolute Gasteiger partial charge is 0.378 e. The van der Waals surface area contributed by atoms with Crippen molar-refractivity contribution in [1.29, 1.82) is 0 Å². The third-order valence-corrected chi connectivity index (χ3v) is 11.0. The predicted molar refractivity (Wildman–Crippen MR) is 279 cm³/mol. The van der Waals surface area contributed by atoms with Crippen LogP contribution >= 0.6 is 0 Å². The van der Waals surface area contributed by atoms with Crippen LogP contribution in [-0.4, -0.2) is 171 Å². The molecule has 0 aliphatic heterocycles. The second-order valence-corrected chi connectivity index (χ2v) is 17.4. The lowest BCUT2D eigenvalue weighted by atomic mass is 10.3. The smallest absolute Gasteiger partial charge is 0.291 e. The number of hydrogen-bond donors (Lipinski definition) is 9. The second kappa shape index (κ2) is 30.3. The number of aromatic nitrogens is 8. The number of carbonyl (C=O) groups is 8. The molecule has 5 aromatic heterocycles. The molecule has 418 valence electrons. The monoisotopic (exact) mass is 1080 g/mol. The Bertz CT molecular complexity index is 2810. The quantitative estimate of drug-likeness (QED) is 0.0248. The molecule has 10 N–H and O–H groups in total. The number of nitrogens with one attached hydrogen (secondary N) is 8. The van der Waals surface area contributed by atoms with Crippen molar-refractivity contribution >= 4 is 70.3 Å². The van der Waals surface area contributed by atoms with Crippen LogP contribution in [0.3, 0.4) is 0 Å². The van der Waals surface area contributed by atoms with E-state index in [1.54, 1.807) is 49.7 Å². The highest BCUT2D eigenvalue weighted by Crippen LogP contribution is 2.18. The molecule has 0 aliphatic rings. The van der Waals surface area contributed by atoms with Gasteiger partial charge in [0.1, 0.15) is 11.4 Å². The van der Waals surface area contributed by atoms with Crippen LogP contribution in [0.25, 0.3) is 0 Å². The van der Waals surface area contributed by atoms with Gasteiger partial charge in [-0.25, -0.2) is 15.0 Å². The van der Waals surface area contributed by atoms with Crippen molar-refractivity contribution in [3.8, 4) is 0 Å². The number of anilines is 4. The van der Waals surface area contributed by atoms with Crippen molar-refractivity contribution in [1.82, 2.24) is 59.1 Å². The molecule has 8 amide bonds. The van der Waals surface area contributed by atoms with Gasteiger partial charge < -0.3 is 90.1 Å². The van der Waals surface area contributed by atoms with Crippen LogP contribution in [0.4, 0.5) is 23.0 Å². The first-order chi connectivity index (χ1) is 36.9. The van der Waals surface area contributed by atoms with Crippen molar-refractivity contribution in [2.24, 2.45) is 33.9 Å². The summed E-state index contributed by atoms with van der Waals surface area (Å²) in [6, 6.07) is 2.97. The van der Waals surface area contributed by atoms with E-state index in [0.29, 0.717) is 58.5 Å². The van der Waals surface area contributed by atoms with Crippen molar-refractivity contribution in [3.05, 3.63) is 78.2 Å². The first-order valence-corrected chi connectivity index (χ1v) is 24.7. The maximum Gasteiger partial charge on any atom is 0.291 e.